The van der Waals surface area contributed by atoms with Gasteiger partial charge in [-0.05, 0) is 30.7 Å². The minimum absolute atomic E-state index is 0.624. The van der Waals surface area contributed by atoms with E-state index in [4.69, 9.17) is 27.9 Å². The van der Waals surface area contributed by atoms with Gasteiger partial charge >= 0.3 is 0 Å². The second-order valence-electron chi connectivity index (χ2n) is 5.17. The first-order valence-electron chi connectivity index (χ1n) is 7.59. The largest absolute Gasteiger partial charge is 0.493 e. The van der Waals surface area contributed by atoms with Crippen LogP contribution in [0.15, 0.2) is 42.5 Å². The molecule has 1 N–H and O–H groups in total. The lowest BCUT2D eigenvalue weighted by Gasteiger charge is -2.13. The number of para-hydroxylation sites is 1. The summed E-state index contributed by atoms with van der Waals surface area (Å²) in [4.78, 5) is 0. The fourth-order valence-electron chi connectivity index (χ4n) is 2.18. The van der Waals surface area contributed by atoms with Gasteiger partial charge in [0.2, 0.25) is 0 Å². The molecule has 22 heavy (non-hydrogen) atoms. The molecular weight excluding hydrogens is 317 g/mol. The van der Waals surface area contributed by atoms with Gasteiger partial charge in [-0.25, -0.2) is 0 Å². The molecule has 0 amide bonds. The van der Waals surface area contributed by atoms with Gasteiger partial charge in [-0.3, -0.25) is 0 Å². The van der Waals surface area contributed by atoms with Crippen LogP contribution >= 0.6 is 23.2 Å². The molecule has 0 bridgehead atoms. The van der Waals surface area contributed by atoms with E-state index in [0.717, 1.165) is 30.0 Å². The number of anilines is 1. The Morgan fingerprint density at radius 2 is 1.73 bits per heavy atom. The lowest BCUT2D eigenvalue weighted by molar-refractivity contribution is 0.303. The van der Waals surface area contributed by atoms with Gasteiger partial charge in [0.1, 0.15) is 5.75 Å². The van der Waals surface area contributed by atoms with E-state index in [2.05, 4.69) is 18.3 Å². The minimum Gasteiger partial charge on any atom is -0.493 e. The number of hydrogen-bond acceptors (Lipinski definition) is 2. The van der Waals surface area contributed by atoms with E-state index in [1.165, 1.54) is 12.8 Å². The topological polar surface area (TPSA) is 21.3 Å². The number of unbranched alkanes of at least 4 members (excludes halogenated alkanes) is 2. The Hall–Kier alpha value is -1.38. The van der Waals surface area contributed by atoms with Gasteiger partial charge in [0.05, 0.1) is 6.61 Å². The molecule has 0 spiro atoms. The third kappa shape index (κ3) is 5.43. The summed E-state index contributed by atoms with van der Waals surface area (Å²) in [6, 6.07) is 13.5. The van der Waals surface area contributed by atoms with Crippen LogP contribution in [-0.4, -0.2) is 6.61 Å². The van der Waals surface area contributed by atoms with Crippen molar-refractivity contribution < 1.29 is 4.74 Å². The summed E-state index contributed by atoms with van der Waals surface area (Å²) >= 11 is 12.0. The zero-order valence-corrected chi connectivity index (χ0v) is 14.3. The Kier molecular flexibility index (Phi) is 6.88. The zero-order chi connectivity index (χ0) is 15.8. The van der Waals surface area contributed by atoms with E-state index in [1.807, 2.05) is 30.3 Å². The van der Waals surface area contributed by atoms with E-state index >= 15 is 0 Å². The fraction of sp³-hybridized carbons (Fsp3) is 0.333. The van der Waals surface area contributed by atoms with Crippen molar-refractivity contribution in [3.05, 3.63) is 58.1 Å². The van der Waals surface area contributed by atoms with Gasteiger partial charge < -0.3 is 10.1 Å². The third-order valence-corrected chi connectivity index (χ3v) is 3.76. The van der Waals surface area contributed by atoms with Gasteiger partial charge in [-0.1, -0.05) is 61.2 Å². The molecule has 0 aliphatic heterocycles. The SMILES string of the molecule is CCCCCOc1ccccc1CNc1cc(Cl)cc(Cl)c1. The fourth-order valence-corrected chi connectivity index (χ4v) is 2.70. The van der Waals surface area contributed by atoms with Crippen LogP contribution in [0.25, 0.3) is 0 Å². The number of hydrogen-bond donors (Lipinski definition) is 1. The Balaban J connectivity index is 1.97. The van der Waals surface area contributed by atoms with E-state index in [9.17, 15) is 0 Å². The van der Waals surface area contributed by atoms with Gasteiger partial charge in [-0.2, -0.15) is 0 Å². The molecule has 118 valence electrons. The number of benzene rings is 2. The van der Waals surface area contributed by atoms with Crippen LogP contribution in [0.2, 0.25) is 10.0 Å². The van der Waals surface area contributed by atoms with E-state index < -0.39 is 0 Å². The quantitative estimate of drug-likeness (QED) is 0.581. The molecule has 0 unspecified atom stereocenters. The maximum absolute atomic E-state index is 6.01. The van der Waals surface area contributed by atoms with Crippen LogP contribution in [0, 0.1) is 0 Å². The van der Waals surface area contributed by atoms with Crippen LogP contribution in [0.1, 0.15) is 31.7 Å². The number of rotatable bonds is 8. The van der Waals surface area contributed by atoms with Gasteiger partial charge in [0.25, 0.3) is 0 Å². The smallest absolute Gasteiger partial charge is 0.124 e. The Morgan fingerprint density at radius 1 is 1.00 bits per heavy atom. The average molecular weight is 338 g/mol. The molecule has 0 saturated carbocycles. The molecule has 2 aromatic carbocycles. The molecular formula is C18H21Cl2NO. The normalized spacial score (nSPS) is 10.5. The number of ether oxygens (including phenoxy) is 1. The Labute approximate surface area is 142 Å². The molecule has 0 saturated heterocycles. The van der Waals surface area contributed by atoms with Crippen LogP contribution < -0.4 is 10.1 Å². The highest BCUT2D eigenvalue weighted by Crippen LogP contribution is 2.24. The first-order chi connectivity index (χ1) is 10.7. The molecule has 2 nitrogen and oxygen atoms in total. The summed E-state index contributed by atoms with van der Waals surface area (Å²) in [7, 11) is 0. The summed E-state index contributed by atoms with van der Waals surface area (Å²) in [5, 5.41) is 4.58. The van der Waals surface area contributed by atoms with Crippen molar-refractivity contribution in [2.75, 3.05) is 11.9 Å². The molecule has 0 aromatic heterocycles. The maximum Gasteiger partial charge on any atom is 0.124 e. The minimum atomic E-state index is 0.624. The predicted molar refractivity (Wildman–Crippen MR) is 95.3 cm³/mol. The van der Waals surface area contributed by atoms with Crippen molar-refractivity contribution in [2.24, 2.45) is 0 Å². The molecule has 0 atom stereocenters. The Bertz CT molecular complexity index is 581. The summed E-state index contributed by atoms with van der Waals surface area (Å²) in [5.74, 6) is 0.930. The standard InChI is InChI=1S/C18H21Cl2NO/c1-2-3-6-9-22-18-8-5-4-7-14(18)13-21-17-11-15(19)10-16(20)12-17/h4-5,7-8,10-12,21H,2-3,6,9,13H2,1H3. The van der Waals surface area contributed by atoms with Crippen molar-refractivity contribution >= 4 is 28.9 Å². The predicted octanol–water partition coefficient (Wildman–Crippen LogP) is 6.17. The summed E-state index contributed by atoms with van der Waals surface area (Å²) < 4.78 is 5.88. The molecule has 0 fully saturated rings. The highest BCUT2D eigenvalue weighted by atomic mass is 35.5. The summed E-state index contributed by atoms with van der Waals surface area (Å²) in [6.45, 7) is 3.61. The van der Waals surface area contributed by atoms with Crippen molar-refractivity contribution in [3.8, 4) is 5.75 Å². The van der Waals surface area contributed by atoms with Crippen molar-refractivity contribution in [1.82, 2.24) is 0 Å². The third-order valence-electron chi connectivity index (χ3n) is 3.32. The second kappa shape index (κ2) is 8.92. The molecule has 2 aromatic rings. The van der Waals surface area contributed by atoms with Crippen molar-refractivity contribution in [1.29, 1.82) is 0 Å². The first-order valence-corrected chi connectivity index (χ1v) is 8.35. The van der Waals surface area contributed by atoms with Gasteiger partial charge in [-0.15, -0.1) is 0 Å². The molecule has 0 aliphatic carbocycles. The molecule has 0 heterocycles. The second-order valence-corrected chi connectivity index (χ2v) is 6.05. The highest BCUT2D eigenvalue weighted by molar-refractivity contribution is 6.35. The lowest BCUT2D eigenvalue weighted by atomic mass is 10.2. The van der Waals surface area contributed by atoms with E-state index in [0.29, 0.717) is 16.6 Å². The maximum atomic E-state index is 6.01. The van der Waals surface area contributed by atoms with Gasteiger partial charge in [0.15, 0.2) is 0 Å². The first kappa shape index (κ1) is 17.0. The van der Waals surface area contributed by atoms with Crippen LogP contribution in [-0.2, 0) is 6.54 Å². The molecule has 0 aliphatic rings. The number of halogens is 2. The average Bonchev–Trinajstić information content (AvgIpc) is 2.49. The van der Waals surface area contributed by atoms with Crippen molar-refractivity contribution in [3.63, 3.8) is 0 Å². The van der Waals surface area contributed by atoms with E-state index in [-0.39, 0.29) is 0 Å². The molecule has 0 radical (unpaired) electrons. The monoisotopic (exact) mass is 337 g/mol. The number of nitrogens with one attached hydrogen (secondary N) is 1. The van der Waals surface area contributed by atoms with Crippen molar-refractivity contribution in [2.45, 2.75) is 32.7 Å². The lowest BCUT2D eigenvalue weighted by Crippen LogP contribution is -2.04. The van der Waals surface area contributed by atoms with Crippen LogP contribution in [0.5, 0.6) is 5.75 Å². The van der Waals surface area contributed by atoms with Crippen LogP contribution in [0.4, 0.5) is 5.69 Å². The Morgan fingerprint density at radius 3 is 2.45 bits per heavy atom. The highest BCUT2D eigenvalue weighted by Gasteiger charge is 2.04. The molecule has 4 heteroatoms. The van der Waals surface area contributed by atoms with Gasteiger partial charge in [0, 0.05) is 27.8 Å². The zero-order valence-electron chi connectivity index (χ0n) is 12.7. The summed E-state index contributed by atoms with van der Waals surface area (Å²) in [5.41, 5.74) is 2.02. The molecule has 2 rings (SSSR count). The summed E-state index contributed by atoms with van der Waals surface area (Å²) in [6.07, 6.45) is 3.48. The van der Waals surface area contributed by atoms with E-state index in [1.54, 1.807) is 6.07 Å². The van der Waals surface area contributed by atoms with Crippen LogP contribution in [0.3, 0.4) is 0 Å².